The highest BCUT2D eigenvalue weighted by Gasteiger charge is 2.14. The third kappa shape index (κ3) is 5.54. The molecule has 0 saturated heterocycles. The maximum absolute atomic E-state index is 5.57. The van der Waals surface area contributed by atoms with Crippen LogP contribution in [0.3, 0.4) is 0 Å². The largest absolute Gasteiger partial charge is 0.494 e. The van der Waals surface area contributed by atoms with Gasteiger partial charge in [-0.05, 0) is 44.4 Å². The molecule has 0 bridgehead atoms. The van der Waals surface area contributed by atoms with Crippen molar-refractivity contribution in [3.05, 3.63) is 29.8 Å². The van der Waals surface area contributed by atoms with Crippen LogP contribution in [0.5, 0.6) is 5.75 Å². The predicted octanol–water partition coefficient (Wildman–Crippen LogP) is 4.14. The molecule has 0 saturated carbocycles. The third-order valence-electron chi connectivity index (χ3n) is 3.04. The molecule has 0 fully saturated rings. The highest BCUT2D eigenvalue weighted by atomic mass is 16.5. The van der Waals surface area contributed by atoms with Gasteiger partial charge in [-0.1, -0.05) is 32.4 Å². The molecule has 1 aromatic rings. The summed E-state index contributed by atoms with van der Waals surface area (Å²) in [5, 5.41) is 3.60. The Morgan fingerprint density at radius 1 is 1.06 bits per heavy atom. The SMILES string of the molecule is CCCOc1ccc(CNC(C)(C)CCC)cc1. The Morgan fingerprint density at radius 3 is 2.28 bits per heavy atom. The van der Waals surface area contributed by atoms with Gasteiger partial charge in [0.1, 0.15) is 5.75 Å². The first kappa shape index (κ1) is 15.0. The second-order valence-electron chi connectivity index (χ2n) is 5.48. The van der Waals surface area contributed by atoms with Crippen LogP contribution in [-0.4, -0.2) is 12.1 Å². The fourth-order valence-electron chi connectivity index (χ4n) is 1.98. The van der Waals surface area contributed by atoms with Crippen LogP contribution in [0.1, 0.15) is 52.5 Å². The smallest absolute Gasteiger partial charge is 0.119 e. The molecule has 102 valence electrons. The molecule has 0 amide bonds. The van der Waals surface area contributed by atoms with Crippen molar-refractivity contribution < 1.29 is 4.74 Å². The van der Waals surface area contributed by atoms with Crippen LogP contribution in [0.2, 0.25) is 0 Å². The van der Waals surface area contributed by atoms with E-state index < -0.39 is 0 Å². The Balaban J connectivity index is 2.43. The second kappa shape index (κ2) is 7.42. The van der Waals surface area contributed by atoms with Gasteiger partial charge in [0.25, 0.3) is 0 Å². The molecule has 0 atom stereocenters. The Labute approximate surface area is 112 Å². The summed E-state index contributed by atoms with van der Waals surface area (Å²) in [5.41, 5.74) is 1.52. The summed E-state index contributed by atoms with van der Waals surface area (Å²) in [6, 6.07) is 8.39. The van der Waals surface area contributed by atoms with Crippen LogP contribution in [0, 0.1) is 0 Å². The Bertz CT molecular complexity index is 329. The molecule has 0 spiro atoms. The summed E-state index contributed by atoms with van der Waals surface area (Å²) in [7, 11) is 0. The van der Waals surface area contributed by atoms with E-state index in [0.29, 0.717) is 0 Å². The van der Waals surface area contributed by atoms with Gasteiger partial charge in [0.2, 0.25) is 0 Å². The number of ether oxygens (including phenoxy) is 1. The number of nitrogens with one attached hydrogen (secondary N) is 1. The molecule has 1 N–H and O–H groups in total. The second-order valence-corrected chi connectivity index (χ2v) is 5.48. The lowest BCUT2D eigenvalue weighted by Gasteiger charge is -2.26. The van der Waals surface area contributed by atoms with E-state index in [0.717, 1.165) is 25.3 Å². The van der Waals surface area contributed by atoms with Crippen molar-refractivity contribution in [1.29, 1.82) is 0 Å². The van der Waals surface area contributed by atoms with E-state index in [2.05, 4.69) is 57.3 Å². The minimum absolute atomic E-state index is 0.214. The van der Waals surface area contributed by atoms with Gasteiger partial charge in [-0.25, -0.2) is 0 Å². The van der Waals surface area contributed by atoms with E-state index in [-0.39, 0.29) is 5.54 Å². The molecule has 0 aliphatic carbocycles. The lowest BCUT2D eigenvalue weighted by molar-refractivity contribution is 0.317. The summed E-state index contributed by atoms with van der Waals surface area (Å²) in [4.78, 5) is 0. The molecule has 2 nitrogen and oxygen atoms in total. The highest BCUT2D eigenvalue weighted by molar-refractivity contribution is 5.27. The maximum Gasteiger partial charge on any atom is 0.119 e. The Hall–Kier alpha value is -1.02. The Morgan fingerprint density at radius 2 is 1.72 bits per heavy atom. The molecule has 0 aromatic heterocycles. The van der Waals surface area contributed by atoms with Gasteiger partial charge in [-0.2, -0.15) is 0 Å². The fourth-order valence-corrected chi connectivity index (χ4v) is 1.98. The molecule has 1 aromatic carbocycles. The zero-order valence-electron chi connectivity index (χ0n) is 12.3. The average molecular weight is 249 g/mol. The topological polar surface area (TPSA) is 21.3 Å². The molecule has 0 aliphatic heterocycles. The summed E-state index contributed by atoms with van der Waals surface area (Å²) in [5.74, 6) is 0.966. The molecule has 0 aliphatic rings. The first-order valence-electron chi connectivity index (χ1n) is 7.04. The number of benzene rings is 1. The van der Waals surface area contributed by atoms with Gasteiger partial charge in [-0.15, -0.1) is 0 Å². The van der Waals surface area contributed by atoms with Crippen LogP contribution >= 0.6 is 0 Å². The molecule has 0 radical (unpaired) electrons. The van der Waals surface area contributed by atoms with Crippen LogP contribution < -0.4 is 10.1 Å². The van der Waals surface area contributed by atoms with Crippen LogP contribution in [-0.2, 0) is 6.54 Å². The lowest BCUT2D eigenvalue weighted by atomic mass is 9.98. The molecule has 0 unspecified atom stereocenters. The normalized spacial score (nSPS) is 11.6. The van der Waals surface area contributed by atoms with E-state index in [1.165, 1.54) is 18.4 Å². The van der Waals surface area contributed by atoms with Gasteiger partial charge in [0, 0.05) is 12.1 Å². The van der Waals surface area contributed by atoms with Gasteiger partial charge >= 0.3 is 0 Å². The Kier molecular flexibility index (Phi) is 6.20. The molecular weight excluding hydrogens is 222 g/mol. The number of hydrogen-bond donors (Lipinski definition) is 1. The van der Waals surface area contributed by atoms with Crippen LogP contribution in [0.4, 0.5) is 0 Å². The molecule has 18 heavy (non-hydrogen) atoms. The summed E-state index contributed by atoms with van der Waals surface area (Å²) < 4.78 is 5.57. The van der Waals surface area contributed by atoms with E-state index in [1.807, 2.05) is 0 Å². The van der Waals surface area contributed by atoms with Crippen molar-refractivity contribution in [2.24, 2.45) is 0 Å². The zero-order valence-corrected chi connectivity index (χ0v) is 12.3. The van der Waals surface area contributed by atoms with Gasteiger partial charge < -0.3 is 10.1 Å². The van der Waals surface area contributed by atoms with Crippen LogP contribution in [0.25, 0.3) is 0 Å². The minimum Gasteiger partial charge on any atom is -0.494 e. The molecule has 2 heteroatoms. The molecular formula is C16H27NO. The minimum atomic E-state index is 0.214. The number of hydrogen-bond acceptors (Lipinski definition) is 2. The van der Waals surface area contributed by atoms with Crippen molar-refractivity contribution >= 4 is 0 Å². The first-order chi connectivity index (χ1) is 8.57. The van der Waals surface area contributed by atoms with E-state index in [4.69, 9.17) is 4.74 Å². The first-order valence-corrected chi connectivity index (χ1v) is 7.04. The van der Waals surface area contributed by atoms with Crippen molar-refractivity contribution in [1.82, 2.24) is 5.32 Å². The van der Waals surface area contributed by atoms with Crippen molar-refractivity contribution in [3.8, 4) is 5.75 Å². The standard InChI is InChI=1S/C16H27NO/c1-5-11-16(3,4)17-13-14-7-9-15(10-8-14)18-12-6-2/h7-10,17H,5-6,11-13H2,1-4H3. The molecule has 0 heterocycles. The number of rotatable bonds is 8. The zero-order chi connectivity index (χ0) is 13.4. The summed E-state index contributed by atoms with van der Waals surface area (Å²) in [6.45, 7) is 10.6. The van der Waals surface area contributed by atoms with Crippen molar-refractivity contribution in [3.63, 3.8) is 0 Å². The quantitative estimate of drug-likeness (QED) is 0.747. The lowest BCUT2D eigenvalue weighted by Crippen LogP contribution is -2.38. The van der Waals surface area contributed by atoms with Crippen LogP contribution in [0.15, 0.2) is 24.3 Å². The fraction of sp³-hybridized carbons (Fsp3) is 0.625. The highest BCUT2D eigenvalue weighted by Crippen LogP contribution is 2.15. The maximum atomic E-state index is 5.57. The van der Waals surface area contributed by atoms with Gasteiger partial charge in [0.05, 0.1) is 6.61 Å². The van der Waals surface area contributed by atoms with E-state index in [9.17, 15) is 0 Å². The van der Waals surface area contributed by atoms with Crippen molar-refractivity contribution in [2.45, 2.75) is 59.0 Å². The van der Waals surface area contributed by atoms with E-state index >= 15 is 0 Å². The summed E-state index contributed by atoms with van der Waals surface area (Å²) >= 11 is 0. The average Bonchev–Trinajstić information content (AvgIpc) is 2.35. The third-order valence-corrected chi connectivity index (χ3v) is 3.04. The van der Waals surface area contributed by atoms with Gasteiger partial charge in [0.15, 0.2) is 0 Å². The monoisotopic (exact) mass is 249 g/mol. The molecule has 1 rings (SSSR count). The predicted molar refractivity (Wildman–Crippen MR) is 78.1 cm³/mol. The van der Waals surface area contributed by atoms with Gasteiger partial charge in [-0.3, -0.25) is 0 Å². The van der Waals surface area contributed by atoms with E-state index in [1.54, 1.807) is 0 Å². The summed E-state index contributed by atoms with van der Waals surface area (Å²) in [6.07, 6.45) is 3.46. The van der Waals surface area contributed by atoms with Crippen molar-refractivity contribution in [2.75, 3.05) is 6.61 Å².